The molecule has 1 aromatic carbocycles. The van der Waals surface area contributed by atoms with Crippen molar-refractivity contribution < 1.29 is 18.5 Å². The second kappa shape index (κ2) is 8.78. The molecule has 0 saturated carbocycles. The minimum atomic E-state index is -1.06. The summed E-state index contributed by atoms with van der Waals surface area (Å²) in [6.07, 6.45) is 2.37. The monoisotopic (exact) mass is 456 g/mol. The summed E-state index contributed by atoms with van der Waals surface area (Å²) in [5.41, 5.74) is 2.54. The molecule has 2 fully saturated rings. The van der Waals surface area contributed by atoms with Gasteiger partial charge >= 0.3 is 5.97 Å². The quantitative estimate of drug-likeness (QED) is 0.633. The first-order valence-electron chi connectivity index (χ1n) is 11.1. The second-order valence-electron chi connectivity index (χ2n) is 8.68. The Bertz CT molecular complexity index is 1030. The van der Waals surface area contributed by atoms with Crippen LogP contribution in [0.5, 0.6) is 0 Å². The predicted molar refractivity (Wildman–Crippen MR) is 122 cm³/mol. The molecule has 4 heterocycles. The van der Waals surface area contributed by atoms with Gasteiger partial charge in [-0.15, -0.1) is 0 Å². The van der Waals surface area contributed by atoms with Crippen molar-refractivity contribution in [1.29, 1.82) is 0 Å². The lowest BCUT2D eigenvalue weighted by Gasteiger charge is -2.39. The van der Waals surface area contributed by atoms with E-state index in [1.54, 1.807) is 12.1 Å². The highest BCUT2D eigenvalue weighted by atomic mass is 32.2. The molecule has 0 spiro atoms. The van der Waals surface area contributed by atoms with Crippen molar-refractivity contribution in [3.63, 3.8) is 0 Å². The van der Waals surface area contributed by atoms with Crippen molar-refractivity contribution in [2.75, 3.05) is 48.9 Å². The molecule has 0 radical (unpaired) electrons. The van der Waals surface area contributed by atoms with E-state index in [-0.39, 0.29) is 12.1 Å². The highest BCUT2D eigenvalue weighted by Gasteiger charge is 2.36. The summed E-state index contributed by atoms with van der Waals surface area (Å²) in [6, 6.07) is 7.70. The lowest BCUT2D eigenvalue weighted by Crippen LogP contribution is -2.54. The Morgan fingerprint density at radius 2 is 1.91 bits per heavy atom. The van der Waals surface area contributed by atoms with Crippen LogP contribution in [0.2, 0.25) is 0 Å². The summed E-state index contributed by atoms with van der Waals surface area (Å²) in [5.74, 6) is 1.69. The van der Waals surface area contributed by atoms with Crippen molar-refractivity contribution >= 4 is 28.5 Å². The molecule has 1 atom stereocenters. The van der Waals surface area contributed by atoms with Gasteiger partial charge < -0.3 is 19.3 Å². The van der Waals surface area contributed by atoms with Gasteiger partial charge in [-0.25, -0.2) is 9.78 Å². The third-order valence-corrected chi connectivity index (χ3v) is 7.87. The van der Waals surface area contributed by atoms with Crippen LogP contribution in [-0.4, -0.2) is 71.4 Å². The van der Waals surface area contributed by atoms with Crippen LogP contribution in [0.1, 0.15) is 34.5 Å². The van der Waals surface area contributed by atoms with Crippen molar-refractivity contribution in [3.8, 4) is 0 Å². The lowest BCUT2D eigenvalue weighted by atomic mass is 10.1. The lowest BCUT2D eigenvalue weighted by molar-refractivity contribution is 0.0231. The van der Waals surface area contributed by atoms with Crippen molar-refractivity contribution in [2.45, 2.75) is 43.2 Å². The van der Waals surface area contributed by atoms with E-state index in [1.165, 1.54) is 0 Å². The zero-order valence-electron chi connectivity index (χ0n) is 18.5. The maximum atomic E-state index is 12.7. The fraction of sp³-hybridized carbons (Fsp3) is 0.522. The Morgan fingerprint density at radius 3 is 2.62 bits per heavy atom. The number of ether oxygens (including phenoxy) is 2. The molecule has 1 unspecified atom stereocenters. The SMILES string of the molecule is Cc1ccc(C(=O)OC2CN(c3nc4c(c(N(C)C5CCOCC5)n3)S(=O)CC4)C2)cc1. The smallest absolute Gasteiger partial charge is 0.338 e. The average Bonchev–Trinajstić information content (AvgIpc) is 3.16. The zero-order chi connectivity index (χ0) is 22.2. The summed E-state index contributed by atoms with van der Waals surface area (Å²) >= 11 is 0. The van der Waals surface area contributed by atoms with Crippen LogP contribution >= 0.6 is 0 Å². The van der Waals surface area contributed by atoms with Gasteiger partial charge in [0.1, 0.15) is 11.0 Å². The molecule has 0 aliphatic carbocycles. The van der Waals surface area contributed by atoms with E-state index in [0.29, 0.717) is 42.8 Å². The highest BCUT2D eigenvalue weighted by molar-refractivity contribution is 7.85. The number of nitrogens with zero attached hydrogens (tertiary/aromatic N) is 4. The van der Waals surface area contributed by atoms with Crippen LogP contribution in [0.25, 0.3) is 0 Å². The van der Waals surface area contributed by atoms with Gasteiger partial charge in [0.15, 0.2) is 5.82 Å². The number of aryl methyl sites for hydroxylation is 2. The van der Waals surface area contributed by atoms with Gasteiger partial charge in [-0.3, -0.25) is 4.21 Å². The number of anilines is 2. The maximum absolute atomic E-state index is 12.7. The molecule has 170 valence electrons. The molecular formula is C23H28N4O4S. The summed E-state index contributed by atoms with van der Waals surface area (Å²) in [6.45, 7) is 4.56. The number of aromatic nitrogens is 2. The van der Waals surface area contributed by atoms with E-state index >= 15 is 0 Å². The number of carbonyl (C=O) groups excluding carboxylic acids is 1. The topological polar surface area (TPSA) is 84.9 Å². The Balaban J connectivity index is 1.30. The zero-order valence-corrected chi connectivity index (χ0v) is 19.3. The maximum Gasteiger partial charge on any atom is 0.338 e. The first kappa shape index (κ1) is 21.3. The van der Waals surface area contributed by atoms with Gasteiger partial charge in [0.25, 0.3) is 0 Å². The molecule has 1 aromatic heterocycles. The van der Waals surface area contributed by atoms with E-state index in [1.807, 2.05) is 31.0 Å². The largest absolute Gasteiger partial charge is 0.455 e. The molecule has 3 aliphatic heterocycles. The third kappa shape index (κ3) is 4.11. The van der Waals surface area contributed by atoms with Crippen molar-refractivity contribution in [3.05, 3.63) is 41.1 Å². The molecule has 3 aliphatic rings. The molecule has 8 nitrogen and oxygen atoms in total. The predicted octanol–water partition coefficient (Wildman–Crippen LogP) is 2.11. The first-order valence-corrected chi connectivity index (χ1v) is 12.4. The molecule has 0 bridgehead atoms. The molecule has 0 amide bonds. The Hall–Kier alpha value is -2.52. The average molecular weight is 457 g/mol. The first-order chi connectivity index (χ1) is 15.5. The van der Waals surface area contributed by atoms with E-state index in [4.69, 9.17) is 19.4 Å². The van der Waals surface area contributed by atoms with Crippen LogP contribution < -0.4 is 9.80 Å². The number of fused-ring (bicyclic) bond motifs is 1. The standard InChI is InChI=1S/C23H28N4O4S/c1-15-3-5-16(6-4-15)22(28)31-18-13-27(14-18)23-24-19-9-12-32(29)20(19)21(25-23)26(2)17-7-10-30-11-8-17/h3-6,17-18H,7-14H2,1-2H3. The summed E-state index contributed by atoms with van der Waals surface area (Å²) in [5, 5.41) is 0. The van der Waals surface area contributed by atoms with Gasteiger partial charge in [0.2, 0.25) is 5.95 Å². The van der Waals surface area contributed by atoms with Crippen molar-refractivity contribution in [2.24, 2.45) is 0 Å². The Labute approximate surface area is 190 Å². The third-order valence-electron chi connectivity index (χ3n) is 6.42. The van der Waals surface area contributed by atoms with Crippen LogP contribution in [0.4, 0.5) is 11.8 Å². The van der Waals surface area contributed by atoms with Crippen LogP contribution in [0, 0.1) is 6.92 Å². The van der Waals surface area contributed by atoms with Gasteiger partial charge in [-0.2, -0.15) is 4.98 Å². The number of rotatable bonds is 5. The fourth-order valence-corrected chi connectivity index (χ4v) is 5.76. The molecule has 32 heavy (non-hydrogen) atoms. The van der Waals surface area contributed by atoms with Gasteiger partial charge in [-0.05, 0) is 31.9 Å². The minimum absolute atomic E-state index is 0.188. The summed E-state index contributed by atoms with van der Waals surface area (Å²) < 4.78 is 23.8. The number of esters is 1. The van der Waals surface area contributed by atoms with Crippen LogP contribution in [-0.2, 0) is 26.7 Å². The molecule has 0 N–H and O–H groups in total. The van der Waals surface area contributed by atoms with Crippen LogP contribution in [0.15, 0.2) is 29.2 Å². The number of benzene rings is 1. The number of hydrogen-bond acceptors (Lipinski definition) is 8. The highest BCUT2D eigenvalue weighted by Crippen LogP contribution is 2.34. The second-order valence-corrected chi connectivity index (χ2v) is 10.2. The Morgan fingerprint density at radius 1 is 1.19 bits per heavy atom. The van der Waals surface area contributed by atoms with E-state index in [9.17, 15) is 9.00 Å². The van der Waals surface area contributed by atoms with Gasteiger partial charge in [0.05, 0.1) is 35.1 Å². The van der Waals surface area contributed by atoms with Crippen LogP contribution in [0.3, 0.4) is 0 Å². The minimum Gasteiger partial charge on any atom is -0.455 e. The number of hydrogen-bond donors (Lipinski definition) is 0. The summed E-state index contributed by atoms with van der Waals surface area (Å²) in [4.78, 5) is 26.9. The molecular weight excluding hydrogens is 428 g/mol. The van der Waals surface area contributed by atoms with E-state index in [0.717, 1.165) is 48.0 Å². The summed E-state index contributed by atoms with van der Waals surface area (Å²) in [7, 11) is 0.965. The van der Waals surface area contributed by atoms with Gasteiger partial charge in [-0.1, -0.05) is 17.7 Å². The van der Waals surface area contributed by atoms with Crippen molar-refractivity contribution in [1.82, 2.24) is 9.97 Å². The van der Waals surface area contributed by atoms with E-state index < -0.39 is 10.8 Å². The molecule has 2 aromatic rings. The van der Waals surface area contributed by atoms with E-state index in [2.05, 4.69) is 4.90 Å². The molecule has 5 rings (SSSR count). The number of carbonyl (C=O) groups is 1. The molecule has 2 saturated heterocycles. The normalized spacial score (nSPS) is 21.2. The Kier molecular flexibility index (Phi) is 5.86. The fourth-order valence-electron chi connectivity index (χ4n) is 4.38. The molecule has 9 heteroatoms. The van der Waals surface area contributed by atoms with Gasteiger partial charge in [0, 0.05) is 38.5 Å².